The fourth-order valence-corrected chi connectivity index (χ4v) is 6.55. The molecule has 33 heavy (non-hydrogen) atoms. The van der Waals surface area contributed by atoms with Crippen LogP contribution >= 0.6 is 35.3 Å². The Morgan fingerprint density at radius 3 is 2.45 bits per heavy atom. The average molecular weight is 492 g/mol. The third kappa shape index (κ3) is 3.58. The highest BCUT2D eigenvalue weighted by Gasteiger charge is 2.32. The van der Waals surface area contributed by atoms with Crippen molar-refractivity contribution in [2.75, 3.05) is 18.5 Å². The minimum atomic E-state index is -0.181. The maximum absolute atomic E-state index is 13.9. The van der Waals surface area contributed by atoms with Crippen LogP contribution < -0.4 is 19.7 Å². The number of fused-ring (bicyclic) bond motifs is 1. The molecule has 5 nitrogen and oxygen atoms in total. The van der Waals surface area contributed by atoms with E-state index in [1.54, 1.807) is 11.6 Å². The number of para-hydroxylation sites is 1. The maximum Gasteiger partial charge on any atom is 0.275 e. The highest BCUT2D eigenvalue weighted by molar-refractivity contribution is 8.30. The molecule has 3 aromatic rings. The molecule has 0 radical (unpaired) electrons. The number of hydrogen-bond acceptors (Lipinski definition) is 6. The molecule has 1 fully saturated rings. The van der Waals surface area contributed by atoms with E-state index in [4.69, 9.17) is 12.2 Å². The van der Waals surface area contributed by atoms with Gasteiger partial charge in [0.1, 0.15) is 18.4 Å². The molecule has 1 amide bonds. The number of benzene rings is 2. The number of aromatic nitrogens is 1. The number of amides is 1. The number of thiocarbonyl (C=S) groups is 1. The van der Waals surface area contributed by atoms with Gasteiger partial charge in [-0.25, -0.2) is 0 Å². The van der Waals surface area contributed by atoms with E-state index < -0.39 is 0 Å². The first-order valence-corrected chi connectivity index (χ1v) is 12.6. The zero-order valence-electron chi connectivity index (χ0n) is 18.4. The molecule has 0 aliphatic carbocycles. The molecule has 8 heteroatoms. The normalized spacial score (nSPS) is 18.9. The first-order valence-electron chi connectivity index (χ1n) is 10.5. The number of thiazole rings is 1. The van der Waals surface area contributed by atoms with Gasteiger partial charge < -0.3 is 4.90 Å². The molecule has 1 aromatic heterocycles. The highest BCUT2D eigenvalue weighted by atomic mass is 32.2. The monoisotopic (exact) mass is 491 g/mol. The van der Waals surface area contributed by atoms with Gasteiger partial charge in [-0.2, -0.15) is 0 Å². The van der Waals surface area contributed by atoms with Crippen LogP contribution in [0.3, 0.4) is 0 Å². The van der Waals surface area contributed by atoms with Crippen molar-refractivity contribution in [2.45, 2.75) is 13.8 Å². The molecule has 3 heterocycles. The van der Waals surface area contributed by atoms with Gasteiger partial charge in [-0.3, -0.25) is 19.1 Å². The van der Waals surface area contributed by atoms with Crippen LogP contribution in [0.15, 0.2) is 59.4 Å². The lowest BCUT2D eigenvalue weighted by Crippen LogP contribution is -2.36. The van der Waals surface area contributed by atoms with Crippen LogP contribution in [0.1, 0.15) is 18.1 Å². The second-order valence-corrected chi connectivity index (χ2v) is 10.4. The summed E-state index contributed by atoms with van der Waals surface area (Å²) >= 11 is 7.94. The average Bonchev–Trinajstić information content (AvgIpc) is 3.29. The van der Waals surface area contributed by atoms with Crippen LogP contribution in [0.25, 0.3) is 22.4 Å². The molecule has 2 aromatic carbocycles. The van der Waals surface area contributed by atoms with Crippen molar-refractivity contribution in [3.05, 3.63) is 85.3 Å². The van der Waals surface area contributed by atoms with E-state index in [1.807, 2.05) is 36.4 Å². The Hall–Kier alpha value is -2.94. The summed E-state index contributed by atoms with van der Waals surface area (Å²) in [7, 11) is 1.67. The second kappa shape index (κ2) is 8.44. The predicted molar refractivity (Wildman–Crippen MR) is 142 cm³/mol. The first kappa shape index (κ1) is 21.9. The van der Waals surface area contributed by atoms with E-state index in [0.717, 1.165) is 22.6 Å². The number of thioether (sulfide) groups is 1. The highest BCUT2D eigenvalue weighted by Crippen LogP contribution is 2.32. The van der Waals surface area contributed by atoms with Gasteiger partial charge in [-0.1, -0.05) is 59.9 Å². The van der Waals surface area contributed by atoms with Gasteiger partial charge in [0.2, 0.25) is 0 Å². The van der Waals surface area contributed by atoms with E-state index in [9.17, 15) is 9.59 Å². The number of likely N-dealkylation sites (N-methyl/N-ethyl adjacent to an activating group) is 1. The van der Waals surface area contributed by atoms with E-state index in [0.29, 0.717) is 25.0 Å². The summed E-state index contributed by atoms with van der Waals surface area (Å²) in [6.07, 6.45) is 4.06. The zero-order valence-corrected chi connectivity index (χ0v) is 20.8. The summed E-state index contributed by atoms with van der Waals surface area (Å²) in [6, 6.07) is 15.8. The van der Waals surface area contributed by atoms with Crippen molar-refractivity contribution in [2.24, 2.45) is 0 Å². The van der Waals surface area contributed by atoms with Crippen LogP contribution in [0, 0.1) is 6.92 Å². The van der Waals surface area contributed by atoms with Crippen molar-refractivity contribution < 1.29 is 4.79 Å². The number of nitrogens with zero attached hydrogens (tertiary/aromatic N) is 3. The Bertz CT molecular complexity index is 1520. The van der Waals surface area contributed by atoms with Crippen molar-refractivity contribution in [3.63, 3.8) is 0 Å². The Labute approximate surface area is 205 Å². The Morgan fingerprint density at radius 1 is 1.03 bits per heavy atom. The smallest absolute Gasteiger partial charge is 0.275 e. The molecular formula is C25H21N3O2S3. The van der Waals surface area contributed by atoms with Crippen molar-refractivity contribution >= 4 is 67.9 Å². The molecule has 0 saturated carbocycles. The summed E-state index contributed by atoms with van der Waals surface area (Å²) in [5.41, 5.74) is 4.81. The molecule has 0 atom stereocenters. The lowest BCUT2D eigenvalue weighted by Gasteiger charge is -2.29. The summed E-state index contributed by atoms with van der Waals surface area (Å²) < 4.78 is 3.33. The van der Waals surface area contributed by atoms with E-state index >= 15 is 0 Å². The molecule has 0 unspecified atom stereocenters. The van der Waals surface area contributed by atoms with Crippen LogP contribution in [0.4, 0.5) is 5.69 Å². The Balaban J connectivity index is 1.87. The van der Waals surface area contributed by atoms with Gasteiger partial charge in [0.05, 0.1) is 11.4 Å². The number of carbonyl (C=O) groups is 1. The third-order valence-corrected chi connectivity index (χ3v) is 8.55. The SMILES string of the molecule is CCN1/C(=c2\s/c(=C3/SC(=S)N(C)C3=O)n(-c3ccccc3)c2=O)C=Cc2cc(C)ccc21. The number of rotatable bonds is 2. The van der Waals surface area contributed by atoms with Crippen LogP contribution in [-0.4, -0.2) is 33.3 Å². The van der Waals surface area contributed by atoms with Gasteiger partial charge in [-0.15, -0.1) is 11.3 Å². The first-order chi connectivity index (χ1) is 15.9. The lowest BCUT2D eigenvalue weighted by molar-refractivity contribution is -0.119. The van der Waals surface area contributed by atoms with Crippen LogP contribution in [-0.2, 0) is 4.79 Å². The lowest BCUT2D eigenvalue weighted by atomic mass is 10.0. The summed E-state index contributed by atoms with van der Waals surface area (Å²) in [5, 5.41) is 0. The summed E-state index contributed by atoms with van der Waals surface area (Å²) in [4.78, 5) is 30.9. The van der Waals surface area contributed by atoms with Gasteiger partial charge in [0.15, 0.2) is 0 Å². The Morgan fingerprint density at radius 2 is 1.79 bits per heavy atom. The molecular weight excluding hydrogens is 470 g/mol. The summed E-state index contributed by atoms with van der Waals surface area (Å²) in [6.45, 7) is 4.86. The quantitative estimate of drug-likeness (QED) is 0.514. The van der Waals surface area contributed by atoms with Crippen LogP contribution in [0.5, 0.6) is 0 Å². The number of carbonyl (C=O) groups excluding carboxylic acids is 1. The Kier molecular flexibility index (Phi) is 5.60. The van der Waals surface area contributed by atoms with Gasteiger partial charge >= 0.3 is 0 Å². The van der Waals surface area contributed by atoms with Crippen molar-refractivity contribution in [1.29, 1.82) is 0 Å². The van der Waals surface area contributed by atoms with Gasteiger partial charge in [-0.05, 0) is 49.8 Å². The van der Waals surface area contributed by atoms with Crippen molar-refractivity contribution in [1.82, 2.24) is 9.47 Å². The minimum absolute atomic E-state index is 0.142. The van der Waals surface area contributed by atoms with E-state index in [-0.39, 0.29) is 11.5 Å². The number of anilines is 1. The van der Waals surface area contributed by atoms with Gasteiger partial charge in [0.25, 0.3) is 11.5 Å². The molecule has 0 bridgehead atoms. The molecule has 0 N–H and O–H groups in total. The summed E-state index contributed by atoms with van der Waals surface area (Å²) in [5.74, 6) is -0.181. The fourth-order valence-electron chi connectivity index (χ4n) is 4.05. The zero-order chi connectivity index (χ0) is 23.3. The molecule has 2 aliphatic rings. The molecule has 0 spiro atoms. The fraction of sp³-hybridized carbons (Fsp3) is 0.160. The number of hydrogen-bond donors (Lipinski definition) is 0. The number of aryl methyl sites for hydroxylation is 1. The molecule has 166 valence electrons. The third-order valence-electron chi connectivity index (χ3n) is 5.70. The topological polar surface area (TPSA) is 45.5 Å². The van der Waals surface area contributed by atoms with Crippen LogP contribution in [0.2, 0.25) is 0 Å². The van der Waals surface area contributed by atoms with Gasteiger partial charge in [0, 0.05) is 19.3 Å². The molecule has 2 aliphatic heterocycles. The predicted octanol–water partition coefficient (Wildman–Crippen LogP) is 3.47. The maximum atomic E-state index is 13.9. The van der Waals surface area contributed by atoms with E-state index in [2.05, 4.69) is 43.0 Å². The second-order valence-electron chi connectivity index (χ2n) is 7.80. The largest absolute Gasteiger partial charge is 0.340 e. The molecule has 5 rings (SSSR count). The standard InChI is InChI=1S/C25H21N3O2S3/c1-4-27-18-12-10-15(2)14-16(18)11-13-19(27)20-23(30)28(17-8-6-5-7-9-17)24(32-20)21-22(29)26(3)25(31)33-21/h5-14H,4H2,1-3H3/b20-19-,24-21+. The van der Waals surface area contributed by atoms with E-state index in [1.165, 1.54) is 33.6 Å². The molecule has 1 saturated heterocycles. The van der Waals surface area contributed by atoms with Crippen molar-refractivity contribution in [3.8, 4) is 5.69 Å². The minimum Gasteiger partial charge on any atom is -0.340 e.